The van der Waals surface area contributed by atoms with E-state index in [1.165, 1.54) is 4.90 Å². The fraction of sp³-hybridized carbons (Fsp3) is 0.409. The highest BCUT2D eigenvalue weighted by atomic mass is 16.5. The standard InChI is InChI=1S/C22H29N3O2/c1-3-27-21-12-8-7-11-20(21)25-15-13-24(14-16-25)18(2)22(26)23-17-19-9-5-4-6-10-19/h4-12,18H,3,13-17H2,1-2H3,(H,23,26)/p+1/t18-/m0/s1. The van der Waals surface area contributed by atoms with Gasteiger partial charge in [0.2, 0.25) is 0 Å². The molecule has 0 aliphatic carbocycles. The van der Waals surface area contributed by atoms with Gasteiger partial charge >= 0.3 is 0 Å². The highest BCUT2D eigenvalue weighted by Gasteiger charge is 2.29. The van der Waals surface area contributed by atoms with Crippen molar-refractivity contribution in [2.45, 2.75) is 26.4 Å². The molecule has 1 aliphatic heterocycles. The third-order valence-electron chi connectivity index (χ3n) is 5.23. The van der Waals surface area contributed by atoms with Gasteiger partial charge in [-0.3, -0.25) is 4.79 Å². The summed E-state index contributed by atoms with van der Waals surface area (Å²) in [5, 5.41) is 3.07. The number of rotatable bonds is 7. The smallest absolute Gasteiger partial charge is 0.278 e. The molecule has 0 aromatic heterocycles. The molecular formula is C22H30N3O2+. The fourth-order valence-electron chi connectivity index (χ4n) is 3.59. The molecule has 5 heteroatoms. The van der Waals surface area contributed by atoms with Crippen molar-refractivity contribution < 1.29 is 14.4 Å². The van der Waals surface area contributed by atoms with E-state index < -0.39 is 0 Å². The van der Waals surface area contributed by atoms with Crippen LogP contribution in [0.3, 0.4) is 0 Å². The highest BCUT2D eigenvalue weighted by Crippen LogP contribution is 2.27. The van der Waals surface area contributed by atoms with Crippen LogP contribution in [0.1, 0.15) is 19.4 Å². The average Bonchev–Trinajstić information content (AvgIpc) is 2.73. The van der Waals surface area contributed by atoms with Crippen LogP contribution in [-0.4, -0.2) is 44.7 Å². The lowest BCUT2D eigenvalue weighted by Crippen LogP contribution is -3.19. The molecule has 3 rings (SSSR count). The molecule has 2 aromatic rings. The fourth-order valence-corrected chi connectivity index (χ4v) is 3.59. The first-order chi connectivity index (χ1) is 13.2. The summed E-state index contributed by atoms with van der Waals surface area (Å²) in [5.74, 6) is 1.06. The van der Waals surface area contributed by atoms with E-state index in [9.17, 15) is 4.79 Å². The van der Waals surface area contributed by atoms with Gasteiger partial charge in [0.15, 0.2) is 6.04 Å². The van der Waals surface area contributed by atoms with Crippen LogP contribution in [0.15, 0.2) is 54.6 Å². The van der Waals surface area contributed by atoms with Crippen molar-refractivity contribution in [1.29, 1.82) is 0 Å². The summed E-state index contributed by atoms with van der Waals surface area (Å²) in [6, 6.07) is 18.2. The number of amides is 1. The van der Waals surface area contributed by atoms with Crippen molar-refractivity contribution in [3.8, 4) is 5.75 Å². The molecule has 2 aromatic carbocycles. The first-order valence-electron chi connectivity index (χ1n) is 9.82. The second kappa shape index (κ2) is 9.42. The van der Waals surface area contributed by atoms with E-state index in [1.807, 2.05) is 56.3 Å². The molecule has 0 radical (unpaired) electrons. The Labute approximate surface area is 161 Å². The Hall–Kier alpha value is -2.53. The number of nitrogens with one attached hydrogen (secondary N) is 2. The van der Waals surface area contributed by atoms with Crippen molar-refractivity contribution in [2.75, 3.05) is 37.7 Å². The Bertz CT molecular complexity index is 727. The van der Waals surface area contributed by atoms with Gasteiger partial charge in [0.05, 0.1) is 38.5 Å². The Morgan fingerprint density at radius 2 is 1.78 bits per heavy atom. The maximum Gasteiger partial charge on any atom is 0.278 e. The SMILES string of the molecule is CCOc1ccccc1N1CC[NH+]([C@@H](C)C(=O)NCc2ccccc2)CC1. The molecule has 0 unspecified atom stereocenters. The maximum atomic E-state index is 12.5. The van der Waals surface area contributed by atoms with Gasteiger partial charge in [-0.1, -0.05) is 42.5 Å². The van der Waals surface area contributed by atoms with Gasteiger partial charge in [0.1, 0.15) is 5.75 Å². The number of para-hydroxylation sites is 2. The second-order valence-electron chi connectivity index (χ2n) is 6.97. The van der Waals surface area contributed by atoms with E-state index in [0.29, 0.717) is 13.2 Å². The minimum absolute atomic E-state index is 0.0435. The van der Waals surface area contributed by atoms with Gasteiger partial charge < -0.3 is 19.9 Å². The molecule has 0 spiro atoms. The lowest BCUT2D eigenvalue weighted by atomic mass is 10.1. The Morgan fingerprint density at radius 3 is 2.48 bits per heavy atom. The molecule has 1 amide bonds. The molecule has 1 heterocycles. The number of ether oxygens (including phenoxy) is 1. The van der Waals surface area contributed by atoms with Crippen LogP contribution in [0.25, 0.3) is 0 Å². The van der Waals surface area contributed by atoms with Crippen LogP contribution < -0.4 is 19.9 Å². The number of hydrogen-bond donors (Lipinski definition) is 2. The van der Waals surface area contributed by atoms with Gasteiger partial charge in [-0.2, -0.15) is 0 Å². The van der Waals surface area contributed by atoms with E-state index in [4.69, 9.17) is 4.74 Å². The van der Waals surface area contributed by atoms with E-state index in [1.54, 1.807) is 0 Å². The van der Waals surface area contributed by atoms with Gasteiger partial charge in [-0.05, 0) is 31.5 Å². The largest absolute Gasteiger partial charge is 0.492 e. The van der Waals surface area contributed by atoms with Gasteiger partial charge in [0.25, 0.3) is 5.91 Å². The zero-order chi connectivity index (χ0) is 19.1. The number of nitrogens with zero attached hydrogens (tertiary/aromatic N) is 1. The van der Waals surface area contributed by atoms with Crippen molar-refractivity contribution in [3.63, 3.8) is 0 Å². The lowest BCUT2D eigenvalue weighted by molar-refractivity contribution is -0.914. The van der Waals surface area contributed by atoms with Gasteiger partial charge in [-0.25, -0.2) is 0 Å². The van der Waals surface area contributed by atoms with Gasteiger partial charge in [-0.15, -0.1) is 0 Å². The van der Waals surface area contributed by atoms with Crippen LogP contribution >= 0.6 is 0 Å². The molecule has 0 saturated carbocycles. The third kappa shape index (κ3) is 5.01. The van der Waals surface area contributed by atoms with E-state index in [-0.39, 0.29) is 11.9 Å². The number of quaternary nitrogens is 1. The number of hydrogen-bond acceptors (Lipinski definition) is 3. The predicted molar refractivity (Wildman–Crippen MR) is 108 cm³/mol. The number of benzene rings is 2. The normalized spacial score (nSPS) is 16.0. The van der Waals surface area contributed by atoms with Crippen LogP contribution in [0, 0.1) is 0 Å². The number of piperazine rings is 1. The summed E-state index contributed by atoms with van der Waals surface area (Å²) < 4.78 is 5.76. The molecule has 2 N–H and O–H groups in total. The monoisotopic (exact) mass is 368 g/mol. The molecule has 1 fully saturated rings. The Balaban J connectivity index is 1.52. The summed E-state index contributed by atoms with van der Waals surface area (Å²) in [4.78, 5) is 16.2. The summed E-state index contributed by atoms with van der Waals surface area (Å²) in [7, 11) is 0. The minimum atomic E-state index is -0.0435. The molecule has 1 atom stereocenters. The molecule has 1 saturated heterocycles. The Kier molecular flexibility index (Phi) is 6.71. The van der Waals surface area contributed by atoms with E-state index >= 15 is 0 Å². The summed E-state index contributed by atoms with van der Waals surface area (Å²) in [6.45, 7) is 9.03. The van der Waals surface area contributed by atoms with Crippen LogP contribution in [0.4, 0.5) is 5.69 Å². The first-order valence-corrected chi connectivity index (χ1v) is 9.82. The third-order valence-corrected chi connectivity index (χ3v) is 5.23. The lowest BCUT2D eigenvalue weighted by Gasteiger charge is -2.36. The second-order valence-corrected chi connectivity index (χ2v) is 6.97. The molecule has 27 heavy (non-hydrogen) atoms. The number of carbonyl (C=O) groups excluding carboxylic acids is 1. The van der Waals surface area contributed by atoms with Crippen molar-refractivity contribution in [3.05, 3.63) is 60.2 Å². The van der Waals surface area contributed by atoms with Crippen molar-refractivity contribution in [1.82, 2.24) is 5.32 Å². The van der Waals surface area contributed by atoms with Crippen LogP contribution in [0.2, 0.25) is 0 Å². The summed E-state index contributed by atoms with van der Waals surface area (Å²) >= 11 is 0. The van der Waals surface area contributed by atoms with E-state index in [2.05, 4.69) is 22.3 Å². The molecular weight excluding hydrogens is 338 g/mol. The molecule has 1 aliphatic rings. The Morgan fingerprint density at radius 1 is 1.11 bits per heavy atom. The zero-order valence-corrected chi connectivity index (χ0v) is 16.3. The van der Waals surface area contributed by atoms with Gasteiger partial charge in [0, 0.05) is 6.54 Å². The molecule has 0 bridgehead atoms. The number of carbonyl (C=O) groups is 1. The quantitative estimate of drug-likeness (QED) is 0.779. The maximum absolute atomic E-state index is 12.5. The average molecular weight is 369 g/mol. The van der Waals surface area contributed by atoms with Crippen molar-refractivity contribution >= 4 is 11.6 Å². The topological polar surface area (TPSA) is 46.0 Å². The highest BCUT2D eigenvalue weighted by molar-refractivity contribution is 5.79. The molecule has 144 valence electrons. The van der Waals surface area contributed by atoms with Crippen molar-refractivity contribution in [2.24, 2.45) is 0 Å². The summed E-state index contributed by atoms with van der Waals surface area (Å²) in [6.07, 6.45) is 0. The zero-order valence-electron chi connectivity index (χ0n) is 16.3. The molecule has 5 nitrogen and oxygen atoms in total. The predicted octanol–water partition coefficient (Wildman–Crippen LogP) is 1.50. The summed E-state index contributed by atoms with van der Waals surface area (Å²) in [5.41, 5.74) is 2.28. The first kappa shape index (κ1) is 19.2. The van der Waals surface area contributed by atoms with E-state index in [0.717, 1.165) is 43.2 Å². The van der Waals surface area contributed by atoms with Crippen LogP contribution in [0.5, 0.6) is 5.75 Å². The number of anilines is 1. The minimum Gasteiger partial charge on any atom is -0.492 e. The van der Waals surface area contributed by atoms with Crippen LogP contribution in [-0.2, 0) is 11.3 Å².